The van der Waals surface area contributed by atoms with Gasteiger partial charge < -0.3 is 0 Å². The number of benzene rings is 1. The fourth-order valence-corrected chi connectivity index (χ4v) is 1.35. The highest BCUT2D eigenvalue weighted by Crippen LogP contribution is 2.37. The van der Waals surface area contributed by atoms with Gasteiger partial charge in [-0.2, -0.15) is 13.2 Å². The van der Waals surface area contributed by atoms with Crippen LogP contribution in [-0.2, 0) is 6.18 Å². The summed E-state index contributed by atoms with van der Waals surface area (Å²) in [4.78, 5) is 0. The summed E-state index contributed by atoms with van der Waals surface area (Å²) in [5.41, 5.74) is -2.30. The van der Waals surface area contributed by atoms with E-state index in [0.717, 1.165) is 12.1 Å². The topological polar surface area (TPSA) is 0 Å². The maximum atomic E-state index is 12.2. The second-order valence-electron chi connectivity index (χ2n) is 2.53. The van der Waals surface area contributed by atoms with Crippen LogP contribution in [0.15, 0.2) is 22.7 Å². The van der Waals surface area contributed by atoms with Gasteiger partial charge in [0, 0.05) is 10.0 Å². The Balaban J connectivity index is 3.29. The SMILES string of the molecule is FC(F)c1cc(Br)ccc1C(F)(F)F. The fraction of sp³-hybridized carbons (Fsp3) is 0.250. The largest absolute Gasteiger partial charge is 0.416 e. The van der Waals surface area contributed by atoms with Gasteiger partial charge >= 0.3 is 6.18 Å². The molecule has 1 rings (SSSR count). The zero-order valence-corrected chi connectivity index (χ0v) is 8.16. The van der Waals surface area contributed by atoms with Gasteiger partial charge in [0.25, 0.3) is 6.43 Å². The number of rotatable bonds is 1. The Morgan fingerprint density at radius 2 is 1.71 bits per heavy atom. The van der Waals surface area contributed by atoms with Crippen LogP contribution < -0.4 is 0 Å². The molecule has 0 aliphatic carbocycles. The van der Waals surface area contributed by atoms with Crippen molar-refractivity contribution in [2.75, 3.05) is 0 Å². The molecule has 0 N–H and O–H groups in total. The molecule has 1 aromatic rings. The lowest BCUT2D eigenvalue weighted by Gasteiger charge is -2.12. The molecule has 0 heterocycles. The Morgan fingerprint density at radius 1 is 1.14 bits per heavy atom. The highest BCUT2D eigenvalue weighted by Gasteiger charge is 2.35. The van der Waals surface area contributed by atoms with E-state index in [-0.39, 0.29) is 4.47 Å². The molecule has 0 radical (unpaired) electrons. The lowest BCUT2D eigenvalue weighted by Crippen LogP contribution is -2.09. The van der Waals surface area contributed by atoms with E-state index < -0.39 is 23.7 Å². The molecular formula is C8H4BrF5. The summed E-state index contributed by atoms with van der Waals surface area (Å²) in [5, 5.41) is 0. The third-order valence-corrected chi connectivity index (χ3v) is 2.05. The molecule has 0 saturated heterocycles. The van der Waals surface area contributed by atoms with E-state index in [1.165, 1.54) is 0 Å². The lowest BCUT2D eigenvalue weighted by atomic mass is 10.1. The van der Waals surface area contributed by atoms with Gasteiger partial charge in [-0.15, -0.1) is 0 Å². The van der Waals surface area contributed by atoms with Crippen LogP contribution in [0, 0.1) is 0 Å². The first kappa shape index (κ1) is 11.4. The van der Waals surface area contributed by atoms with Gasteiger partial charge in [0.2, 0.25) is 0 Å². The van der Waals surface area contributed by atoms with Crippen molar-refractivity contribution in [3.8, 4) is 0 Å². The third-order valence-electron chi connectivity index (χ3n) is 1.55. The summed E-state index contributed by atoms with van der Waals surface area (Å²) in [5.74, 6) is 0. The van der Waals surface area contributed by atoms with Crippen LogP contribution >= 0.6 is 15.9 Å². The van der Waals surface area contributed by atoms with Crippen molar-refractivity contribution < 1.29 is 22.0 Å². The van der Waals surface area contributed by atoms with Crippen LogP contribution in [-0.4, -0.2) is 0 Å². The van der Waals surface area contributed by atoms with Crippen molar-refractivity contribution in [1.29, 1.82) is 0 Å². The van der Waals surface area contributed by atoms with Crippen LogP contribution in [0.1, 0.15) is 17.6 Å². The Bertz CT molecular complexity index is 331. The van der Waals surface area contributed by atoms with Crippen LogP contribution in [0.5, 0.6) is 0 Å². The molecule has 0 unspecified atom stereocenters. The predicted octanol–water partition coefficient (Wildman–Crippen LogP) is 4.41. The van der Waals surface area contributed by atoms with E-state index in [1.54, 1.807) is 0 Å². The van der Waals surface area contributed by atoms with Gasteiger partial charge in [-0.1, -0.05) is 15.9 Å². The van der Waals surface area contributed by atoms with Crippen LogP contribution in [0.2, 0.25) is 0 Å². The van der Waals surface area contributed by atoms with Crippen LogP contribution in [0.25, 0.3) is 0 Å². The quantitative estimate of drug-likeness (QED) is 0.666. The fourth-order valence-electron chi connectivity index (χ4n) is 0.972. The zero-order valence-electron chi connectivity index (χ0n) is 6.58. The van der Waals surface area contributed by atoms with Crippen LogP contribution in [0.3, 0.4) is 0 Å². The van der Waals surface area contributed by atoms with E-state index >= 15 is 0 Å². The molecular weight excluding hydrogens is 271 g/mol. The smallest absolute Gasteiger partial charge is 0.205 e. The molecule has 14 heavy (non-hydrogen) atoms. The monoisotopic (exact) mass is 274 g/mol. The van der Waals surface area contributed by atoms with Crippen molar-refractivity contribution in [2.45, 2.75) is 12.6 Å². The summed E-state index contributed by atoms with van der Waals surface area (Å²) < 4.78 is 61.2. The molecule has 1 aromatic carbocycles. The standard InChI is InChI=1S/C8H4BrF5/c9-4-1-2-6(8(12,13)14)5(3-4)7(10)11/h1-3,7H. The highest BCUT2D eigenvalue weighted by molar-refractivity contribution is 9.10. The Labute approximate surface area is 84.9 Å². The molecule has 78 valence electrons. The van der Waals surface area contributed by atoms with Gasteiger partial charge in [-0.25, -0.2) is 8.78 Å². The molecule has 0 aromatic heterocycles. The molecule has 0 fully saturated rings. The molecule has 0 spiro atoms. The predicted molar refractivity (Wildman–Crippen MR) is 44.1 cm³/mol. The first-order valence-electron chi connectivity index (χ1n) is 3.47. The lowest BCUT2D eigenvalue weighted by molar-refractivity contribution is -0.139. The van der Waals surface area contributed by atoms with Gasteiger partial charge in [-0.05, 0) is 18.2 Å². The normalized spacial score (nSPS) is 12.2. The molecule has 0 aliphatic rings. The summed E-state index contributed by atoms with van der Waals surface area (Å²) in [7, 11) is 0. The second-order valence-corrected chi connectivity index (χ2v) is 3.45. The van der Waals surface area contributed by atoms with E-state index in [1.807, 2.05) is 0 Å². The van der Waals surface area contributed by atoms with Gasteiger partial charge in [0.1, 0.15) is 0 Å². The van der Waals surface area contributed by atoms with Crippen molar-refractivity contribution in [1.82, 2.24) is 0 Å². The minimum atomic E-state index is -4.74. The zero-order chi connectivity index (χ0) is 10.9. The van der Waals surface area contributed by atoms with E-state index in [2.05, 4.69) is 15.9 Å². The van der Waals surface area contributed by atoms with Crippen molar-refractivity contribution in [3.63, 3.8) is 0 Å². The summed E-state index contributed by atoms with van der Waals surface area (Å²) in [6.45, 7) is 0. The highest BCUT2D eigenvalue weighted by atomic mass is 79.9. The molecule has 6 heteroatoms. The number of hydrogen-bond donors (Lipinski definition) is 0. The minimum Gasteiger partial charge on any atom is -0.205 e. The second kappa shape index (κ2) is 3.84. The van der Waals surface area contributed by atoms with Gasteiger partial charge in [0.05, 0.1) is 5.56 Å². The molecule has 0 nitrogen and oxygen atoms in total. The summed E-state index contributed by atoms with van der Waals surface area (Å²) >= 11 is 2.83. The van der Waals surface area contributed by atoms with E-state index in [9.17, 15) is 22.0 Å². The average molecular weight is 275 g/mol. The van der Waals surface area contributed by atoms with Gasteiger partial charge in [-0.3, -0.25) is 0 Å². The summed E-state index contributed by atoms with van der Waals surface area (Å²) in [6, 6.07) is 2.48. The number of halogens is 6. The molecule has 0 bridgehead atoms. The van der Waals surface area contributed by atoms with Crippen molar-refractivity contribution in [3.05, 3.63) is 33.8 Å². The first-order chi connectivity index (χ1) is 6.32. The number of hydrogen-bond acceptors (Lipinski definition) is 0. The maximum Gasteiger partial charge on any atom is 0.416 e. The van der Waals surface area contributed by atoms with Crippen molar-refractivity contribution >= 4 is 15.9 Å². The summed E-state index contributed by atoms with van der Waals surface area (Å²) in [6.07, 6.45) is -7.88. The molecule has 0 amide bonds. The minimum absolute atomic E-state index is 0.195. The Morgan fingerprint density at radius 3 is 2.14 bits per heavy atom. The van der Waals surface area contributed by atoms with E-state index in [0.29, 0.717) is 6.07 Å². The number of alkyl halides is 5. The Kier molecular flexibility index (Phi) is 3.14. The van der Waals surface area contributed by atoms with Gasteiger partial charge in [0.15, 0.2) is 0 Å². The first-order valence-corrected chi connectivity index (χ1v) is 4.26. The molecule has 0 aliphatic heterocycles. The third kappa shape index (κ3) is 2.43. The average Bonchev–Trinajstić information content (AvgIpc) is 2.01. The maximum absolute atomic E-state index is 12.2. The van der Waals surface area contributed by atoms with Crippen LogP contribution in [0.4, 0.5) is 22.0 Å². The van der Waals surface area contributed by atoms with Crippen molar-refractivity contribution in [2.24, 2.45) is 0 Å². The molecule has 0 saturated carbocycles. The van der Waals surface area contributed by atoms with E-state index in [4.69, 9.17) is 0 Å². The molecule has 0 atom stereocenters. The Hall–Kier alpha value is -0.650.